The van der Waals surface area contributed by atoms with Crippen molar-refractivity contribution in [3.8, 4) is 0 Å². The van der Waals surface area contributed by atoms with Crippen LogP contribution >= 0.6 is 0 Å². The van der Waals surface area contributed by atoms with Crippen molar-refractivity contribution in [3.05, 3.63) is 35.6 Å². The maximum absolute atomic E-state index is 13.4. The highest BCUT2D eigenvalue weighted by molar-refractivity contribution is 5.73. The van der Waals surface area contributed by atoms with E-state index in [-0.39, 0.29) is 11.8 Å². The lowest BCUT2D eigenvalue weighted by Gasteiger charge is -2.22. The predicted molar refractivity (Wildman–Crippen MR) is 56.1 cm³/mol. The molecule has 2 rings (SSSR count). The monoisotopic (exact) mass is 208 g/mol. The van der Waals surface area contributed by atoms with Gasteiger partial charge in [-0.2, -0.15) is 0 Å². The standard InChI is InChI=1S/C11H13FN2O/c1-11(7-14-10(13)15-11)6-8-4-2-3-5-9(8)12/h2-5H,6-7H2,1H3,(H2,13,14). The van der Waals surface area contributed by atoms with Gasteiger partial charge in [-0.15, -0.1) is 0 Å². The second-order valence-electron chi connectivity index (χ2n) is 3.97. The number of aliphatic imine (C=N–C) groups is 1. The van der Waals surface area contributed by atoms with E-state index in [1.807, 2.05) is 6.92 Å². The Balaban J connectivity index is 2.13. The van der Waals surface area contributed by atoms with Gasteiger partial charge in [0.1, 0.15) is 11.4 Å². The molecule has 2 N–H and O–H groups in total. The number of benzene rings is 1. The number of nitrogens with two attached hydrogens (primary N) is 1. The zero-order valence-corrected chi connectivity index (χ0v) is 8.53. The Morgan fingerprint density at radius 2 is 2.27 bits per heavy atom. The van der Waals surface area contributed by atoms with Gasteiger partial charge in [0, 0.05) is 6.42 Å². The van der Waals surface area contributed by atoms with E-state index < -0.39 is 5.60 Å². The highest BCUT2D eigenvalue weighted by atomic mass is 19.1. The summed E-state index contributed by atoms with van der Waals surface area (Å²) in [4.78, 5) is 3.96. The molecule has 1 aliphatic heterocycles. The van der Waals surface area contributed by atoms with Crippen molar-refractivity contribution < 1.29 is 9.13 Å². The van der Waals surface area contributed by atoms with Gasteiger partial charge in [0.2, 0.25) is 0 Å². The quantitative estimate of drug-likeness (QED) is 0.800. The Bertz CT molecular complexity index is 405. The summed E-state index contributed by atoms with van der Waals surface area (Å²) >= 11 is 0. The number of hydrogen-bond donors (Lipinski definition) is 1. The third-order valence-corrected chi connectivity index (χ3v) is 2.44. The van der Waals surface area contributed by atoms with Crippen LogP contribution in [-0.2, 0) is 11.2 Å². The Morgan fingerprint density at radius 1 is 1.53 bits per heavy atom. The molecule has 1 heterocycles. The van der Waals surface area contributed by atoms with Crippen LogP contribution in [0.25, 0.3) is 0 Å². The fourth-order valence-electron chi connectivity index (χ4n) is 1.70. The maximum atomic E-state index is 13.4. The predicted octanol–water partition coefficient (Wildman–Crippen LogP) is 1.47. The molecule has 0 spiro atoms. The van der Waals surface area contributed by atoms with Gasteiger partial charge in [0.15, 0.2) is 0 Å². The lowest BCUT2D eigenvalue weighted by molar-refractivity contribution is 0.106. The average molecular weight is 208 g/mol. The summed E-state index contributed by atoms with van der Waals surface area (Å²) in [5.41, 5.74) is 5.56. The Hall–Kier alpha value is -1.58. The summed E-state index contributed by atoms with van der Waals surface area (Å²) in [6, 6.07) is 6.85. The Morgan fingerprint density at radius 3 is 2.87 bits per heavy atom. The summed E-state index contributed by atoms with van der Waals surface area (Å²) < 4.78 is 18.8. The van der Waals surface area contributed by atoms with E-state index in [4.69, 9.17) is 10.5 Å². The molecular formula is C11H13FN2O. The summed E-state index contributed by atoms with van der Waals surface area (Å²) in [5, 5.41) is 0. The molecule has 15 heavy (non-hydrogen) atoms. The van der Waals surface area contributed by atoms with E-state index in [1.54, 1.807) is 18.2 Å². The molecule has 0 radical (unpaired) electrons. The first-order valence-electron chi connectivity index (χ1n) is 4.81. The second kappa shape index (κ2) is 3.53. The van der Waals surface area contributed by atoms with Gasteiger partial charge in [0.05, 0.1) is 6.54 Å². The second-order valence-corrected chi connectivity index (χ2v) is 3.97. The van der Waals surface area contributed by atoms with Crippen LogP contribution in [0, 0.1) is 5.82 Å². The minimum Gasteiger partial charge on any atom is -0.457 e. The molecule has 0 aliphatic carbocycles. The van der Waals surface area contributed by atoms with Crippen molar-refractivity contribution in [1.82, 2.24) is 0 Å². The van der Waals surface area contributed by atoms with Crippen molar-refractivity contribution in [3.63, 3.8) is 0 Å². The molecular weight excluding hydrogens is 195 g/mol. The van der Waals surface area contributed by atoms with Gasteiger partial charge in [0.25, 0.3) is 6.02 Å². The molecule has 1 aliphatic rings. The molecule has 0 bridgehead atoms. The van der Waals surface area contributed by atoms with Crippen LogP contribution in [0.3, 0.4) is 0 Å². The van der Waals surface area contributed by atoms with Crippen LogP contribution in [0.1, 0.15) is 12.5 Å². The summed E-state index contributed by atoms with van der Waals surface area (Å²) in [7, 11) is 0. The minimum absolute atomic E-state index is 0.189. The van der Waals surface area contributed by atoms with Gasteiger partial charge in [-0.25, -0.2) is 9.38 Å². The van der Waals surface area contributed by atoms with E-state index in [0.29, 0.717) is 18.5 Å². The fraction of sp³-hybridized carbons (Fsp3) is 0.364. The van der Waals surface area contributed by atoms with Crippen LogP contribution in [0.2, 0.25) is 0 Å². The zero-order chi connectivity index (χ0) is 10.9. The fourth-order valence-corrected chi connectivity index (χ4v) is 1.70. The maximum Gasteiger partial charge on any atom is 0.282 e. The van der Waals surface area contributed by atoms with Crippen molar-refractivity contribution in [2.24, 2.45) is 10.7 Å². The van der Waals surface area contributed by atoms with Crippen molar-refractivity contribution in [2.45, 2.75) is 18.9 Å². The number of amidine groups is 1. The zero-order valence-electron chi connectivity index (χ0n) is 8.53. The van der Waals surface area contributed by atoms with Crippen molar-refractivity contribution in [2.75, 3.05) is 6.54 Å². The molecule has 1 atom stereocenters. The van der Waals surface area contributed by atoms with E-state index in [9.17, 15) is 4.39 Å². The van der Waals surface area contributed by atoms with Crippen LogP contribution < -0.4 is 5.73 Å². The molecule has 80 valence electrons. The first-order chi connectivity index (χ1) is 7.09. The molecule has 0 amide bonds. The number of rotatable bonds is 2. The normalized spacial score (nSPS) is 24.8. The third kappa shape index (κ3) is 2.09. The van der Waals surface area contributed by atoms with E-state index in [2.05, 4.69) is 4.99 Å². The minimum atomic E-state index is -0.508. The van der Waals surface area contributed by atoms with Gasteiger partial charge >= 0.3 is 0 Å². The highest BCUT2D eigenvalue weighted by Crippen LogP contribution is 2.23. The van der Waals surface area contributed by atoms with Gasteiger partial charge in [-0.05, 0) is 18.6 Å². The van der Waals surface area contributed by atoms with Gasteiger partial charge in [-0.3, -0.25) is 0 Å². The summed E-state index contributed by atoms with van der Waals surface area (Å²) in [6.07, 6.45) is 0.476. The summed E-state index contributed by atoms with van der Waals surface area (Å²) in [6.45, 7) is 2.36. The number of ether oxygens (including phenoxy) is 1. The molecule has 1 unspecified atom stereocenters. The molecule has 1 aromatic rings. The first-order valence-corrected chi connectivity index (χ1v) is 4.81. The van der Waals surface area contributed by atoms with Crippen molar-refractivity contribution in [1.29, 1.82) is 0 Å². The van der Waals surface area contributed by atoms with Gasteiger partial charge < -0.3 is 10.5 Å². The first kappa shape index (κ1) is 9.96. The number of halogens is 1. The average Bonchev–Trinajstić information content (AvgIpc) is 2.51. The van der Waals surface area contributed by atoms with Crippen LogP contribution in [0.4, 0.5) is 4.39 Å². The summed E-state index contributed by atoms with van der Waals surface area (Å²) in [5.74, 6) is -0.215. The SMILES string of the molecule is CC1(Cc2ccccc2F)CN=C(N)O1. The van der Waals surface area contributed by atoms with E-state index in [1.165, 1.54) is 6.07 Å². The molecule has 1 aromatic carbocycles. The largest absolute Gasteiger partial charge is 0.457 e. The molecule has 4 heteroatoms. The van der Waals surface area contributed by atoms with E-state index in [0.717, 1.165) is 0 Å². The molecule has 0 aromatic heterocycles. The Labute approximate surface area is 87.8 Å². The third-order valence-electron chi connectivity index (χ3n) is 2.44. The lowest BCUT2D eigenvalue weighted by Crippen LogP contribution is -2.33. The van der Waals surface area contributed by atoms with Crippen LogP contribution in [-0.4, -0.2) is 18.2 Å². The van der Waals surface area contributed by atoms with Crippen LogP contribution in [0.15, 0.2) is 29.3 Å². The topological polar surface area (TPSA) is 47.6 Å². The van der Waals surface area contributed by atoms with Gasteiger partial charge in [-0.1, -0.05) is 18.2 Å². The molecule has 0 fully saturated rings. The number of nitrogens with zero attached hydrogens (tertiary/aromatic N) is 1. The highest BCUT2D eigenvalue weighted by Gasteiger charge is 2.32. The van der Waals surface area contributed by atoms with Crippen LogP contribution in [0.5, 0.6) is 0 Å². The molecule has 0 saturated carbocycles. The Kier molecular flexibility index (Phi) is 2.34. The molecule has 0 saturated heterocycles. The van der Waals surface area contributed by atoms with E-state index >= 15 is 0 Å². The number of hydrogen-bond acceptors (Lipinski definition) is 3. The molecule has 3 nitrogen and oxygen atoms in total. The smallest absolute Gasteiger partial charge is 0.282 e. The van der Waals surface area contributed by atoms with Crippen molar-refractivity contribution >= 4 is 6.02 Å². The lowest BCUT2D eigenvalue weighted by atomic mass is 9.96.